The first-order chi connectivity index (χ1) is 14.4. The van der Waals surface area contributed by atoms with Crippen LogP contribution in [0.4, 0.5) is 5.69 Å². The zero-order chi connectivity index (χ0) is 22.1. The molecular formula is C22H27N3O5. The first kappa shape index (κ1) is 22.6. The molecule has 0 heterocycles. The third-order valence-corrected chi connectivity index (χ3v) is 4.30. The molecule has 0 unspecified atom stereocenters. The van der Waals surface area contributed by atoms with Crippen LogP contribution >= 0.6 is 0 Å². The zero-order valence-electron chi connectivity index (χ0n) is 17.8. The van der Waals surface area contributed by atoms with Crippen molar-refractivity contribution < 1.29 is 23.8 Å². The molecule has 2 amide bonds. The summed E-state index contributed by atoms with van der Waals surface area (Å²) in [6.07, 6.45) is 2.83. The number of hydrogen-bond donors (Lipinski definition) is 3. The minimum absolute atomic E-state index is 0.0252. The second-order valence-corrected chi connectivity index (χ2v) is 6.49. The highest BCUT2D eigenvalue weighted by atomic mass is 16.5. The minimum Gasteiger partial charge on any atom is -0.496 e. The fourth-order valence-electron chi connectivity index (χ4n) is 2.75. The lowest BCUT2D eigenvalue weighted by Gasteiger charge is -2.12. The summed E-state index contributed by atoms with van der Waals surface area (Å²) in [7, 11) is 4.56. The molecule has 2 rings (SSSR count). The second-order valence-electron chi connectivity index (χ2n) is 6.49. The van der Waals surface area contributed by atoms with E-state index in [0.29, 0.717) is 22.8 Å². The predicted octanol–water partition coefficient (Wildman–Crippen LogP) is 2.60. The Morgan fingerprint density at radius 3 is 2.20 bits per heavy atom. The van der Waals surface area contributed by atoms with E-state index in [-0.39, 0.29) is 12.5 Å². The lowest BCUT2D eigenvalue weighted by atomic mass is 10.1. The molecule has 0 atom stereocenters. The zero-order valence-corrected chi connectivity index (χ0v) is 17.8. The van der Waals surface area contributed by atoms with E-state index in [1.54, 1.807) is 18.2 Å². The number of methoxy groups -OCH3 is 3. The van der Waals surface area contributed by atoms with Crippen molar-refractivity contribution in [2.75, 3.05) is 33.2 Å². The predicted molar refractivity (Wildman–Crippen MR) is 116 cm³/mol. The Bertz CT molecular complexity index is 941. The van der Waals surface area contributed by atoms with E-state index in [1.165, 1.54) is 27.4 Å². The Morgan fingerprint density at radius 2 is 1.57 bits per heavy atom. The summed E-state index contributed by atoms with van der Waals surface area (Å²) >= 11 is 0. The number of carbonyl (C=O) groups is 2. The van der Waals surface area contributed by atoms with Gasteiger partial charge in [0.05, 0.1) is 27.9 Å². The summed E-state index contributed by atoms with van der Waals surface area (Å²) in [6, 6.07) is 9.25. The molecule has 0 aliphatic heterocycles. The van der Waals surface area contributed by atoms with Crippen molar-refractivity contribution in [3.05, 3.63) is 53.1 Å². The normalized spacial score (nSPS) is 10.4. The quantitative estimate of drug-likeness (QED) is 0.455. The van der Waals surface area contributed by atoms with Crippen LogP contribution in [0, 0.1) is 13.8 Å². The summed E-state index contributed by atoms with van der Waals surface area (Å²) in [5, 5.41) is 3.04. The standard InChI is InChI=1S/C22H27N3O5/c1-14-6-8-17(15(2)10-14)23-13-22(27)25-24-21(26)9-7-16-11-19(29-4)20(30-5)12-18(16)28-3/h6-12,23H,13H2,1-5H3,(H,24,26)(H,25,27)/b9-7+. The molecule has 0 fully saturated rings. The van der Waals surface area contributed by atoms with Crippen LogP contribution in [0.2, 0.25) is 0 Å². The van der Waals surface area contributed by atoms with Crippen LogP contribution in [-0.2, 0) is 9.59 Å². The van der Waals surface area contributed by atoms with Gasteiger partial charge in [-0.15, -0.1) is 0 Å². The van der Waals surface area contributed by atoms with Gasteiger partial charge in [0.1, 0.15) is 5.75 Å². The SMILES string of the molecule is COc1cc(OC)c(OC)cc1/C=C/C(=O)NNC(=O)CNc1ccc(C)cc1C. The molecule has 0 aliphatic rings. The highest BCUT2D eigenvalue weighted by molar-refractivity contribution is 5.94. The number of amides is 2. The van der Waals surface area contributed by atoms with Crippen molar-refractivity contribution >= 4 is 23.6 Å². The molecule has 0 saturated carbocycles. The first-order valence-corrected chi connectivity index (χ1v) is 9.26. The molecule has 0 radical (unpaired) electrons. The number of hydrazine groups is 1. The number of aryl methyl sites for hydroxylation is 2. The van der Waals surface area contributed by atoms with Crippen LogP contribution < -0.4 is 30.4 Å². The van der Waals surface area contributed by atoms with Gasteiger partial charge in [0.25, 0.3) is 11.8 Å². The molecule has 0 bridgehead atoms. The lowest BCUT2D eigenvalue weighted by Crippen LogP contribution is -2.43. The van der Waals surface area contributed by atoms with Gasteiger partial charge in [0.2, 0.25) is 0 Å². The number of anilines is 1. The Labute approximate surface area is 176 Å². The topological polar surface area (TPSA) is 97.9 Å². The fraction of sp³-hybridized carbons (Fsp3) is 0.273. The van der Waals surface area contributed by atoms with Crippen molar-refractivity contribution in [2.24, 2.45) is 0 Å². The second kappa shape index (κ2) is 10.8. The summed E-state index contributed by atoms with van der Waals surface area (Å²) in [6.45, 7) is 3.99. The van der Waals surface area contributed by atoms with Crippen molar-refractivity contribution in [1.82, 2.24) is 10.9 Å². The molecule has 0 saturated heterocycles. The van der Waals surface area contributed by atoms with E-state index in [4.69, 9.17) is 14.2 Å². The van der Waals surface area contributed by atoms with Gasteiger partial charge in [0, 0.05) is 23.4 Å². The molecule has 160 valence electrons. The van der Waals surface area contributed by atoms with E-state index in [2.05, 4.69) is 16.2 Å². The molecule has 0 spiro atoms. The van der Waals surface area contributed by atoms with Crippen LogP contribution in [0.3, 0.4) is 0 Å². The number of hydrogen-bond acceptors (Lipinski definition) is 6. The third-order valence-electron chi connectivity index (χ3n) is 4.30. The average Bonchev–Trinajstić information content (AvgIpc) is 2.74. The van der Waals surface area contributed by atoms with E-state index in [1.807, 2.05) is 32.0 Å². The van der Waals surface area contributed by atoms with E-state index >= 15 is 0 Å². The summed E-state index contributed by atoms with van der Waals surface area (Å²) in [5.41, 5.74) is 8.37. The summed E-state index contributed by atoms with van der Waals surface area (Å²) in [4.78, 5) is 24.0. The maximum Gasteiger partial charge on any atom is 0.262 e. The molecule has 8 nitrogen and oxygen atoms in total. The summed E-state index contributed by atoms with van der Waals surface area (Å²) in [5.74, 6) is 0.661. The molecule has 30 heavy (non-hydrogen) atoms. The van der Waals surface area contributed by atoms with Crippen LogP contribution in [-0.4, -0.2) is 39.7 Å². The number of benzene rings is 2. The Hall–Kier alpha value is -3.68. The van der Waals surface area contributed by atoms with Crippen molar-refractivity contribution in [2.45, 2.75) is 13.8 Å². The lowest BCUT2D eigenvalue weighted by molar-refractivity contribution is -0.125. The Kier molecular flexibility index (Phi) is 8.10. The van der Waals surface area contributed by atoms with Crippen molar-refractivity contribution in [3.63, 3.8) is 0 Å². The maximum absolute atomic E-state index is 12.0. The fourth-order valence-corrected chi connectivity index (χ4v) is 2.75. The number of carbonyl (C=O) groups excluding carboxylic acids is 2. The monoisotopic (exact) mass is 413 g/mol. The van der Waals surface area contributed by atoms with Crippen LogP contribution in [0.5, 0.6) is 17.2 Å². The van der Waals surface area contributed by atoms with Gasteiger partial charge >= 0.3 is 0 Å². The van der Waals surface area contributed by atoms with E-state index < -0.39 is 5.91 Å². The van der Waals surface area contributed by atoms with E-state index in [0.717, 1.165) is 16.8 Å². The molecule has 8 heteroatoms. The Balaban J connectivity index is 1.91. The van der Waals surface area contributed by atoms with Gasteiger partial charge < -0.3 is 19.5 Å². The Morgan fingerprint density at radius 1 is 0.900 bits per heavy atom. The van der Waals surface area contributed by atoms with Gasteiger partial charge in [0.15, 0.2) is 11.5 Å². The molecule has 0 aromatic heterocycles. The van der Waals surface area contributed by atoms with Crippen LogP contribution in [0.15, 0.2) is 36.4 Å². The molecule has 2 aromatic carbocycles. The third kappa shape index (κ3) is 6.16. The number of ether oxygens (including phenoxy) is 3. The molecule has 2 aromatic rings. The first-order valence-electron chi connectivity index (χ1n) is 9.26. The van der Waals surface area contributed by atoms with Crippen molar-refractivity contribution in [3.8, 4) is 17.2 Å². The van der Waals surface area contributed by atoms with Crippen LogP contribution in [0.25, 0.3) is 6.08 Å². The molecule has 3 N–H and O–H groups in total. The highest BCUT2D eigenvalue weighted by Crippen LogP contribution is 2.35. The summed E-state index contributed by atoms with van der Waals surface area (Å²) < 4.78 is 15.8. The highest BCUT2D eigenvalue weighted by Gasteiger charge is 2.10. The molecule has 0 aliphatic carbocycles. The number of rotatable bonds is 8. The number of nitrogens with one attached hydrogen (secondary N) is 3. The van der Waals surface area contributed by atoms with Gasteiger partial charge in [-0.25, -0.2) is 0 Å². The van der Waals surface area contributed by atoms with Gasteiger partial charge in [-0.2, -0.15) is 0 Å². The largest absolute Gasteiger partial charge is 0.496 e. The smallest absolute Gasteiger partial charge is 0.262 e. The van der Waals surface area contributed by atoms with Gasteiger partial charge in [-0.3, -0.25) is 20.4 Å². The average molecular weight is 413 g/mol. The molecular weight excluding hydrogens is 386 g/mol. The minimum atomic E-state index is -0.494. The maximum atomic E-state index is 12.0. The van der Waals surface area contributed by atoms with Crippen LogP contribution in [0.1, 0.15) is 16.7 Å². The van der Waals surface area contributed by atoms with Gasteiger partial charge in [-0.05, 0) is 37.6 Å². The van der Waals surface area contributed by atoms with E-state index in [9.17, 15) is 9.59 Å². The van der Waals surface area contributed by atoms with Crippen molar-refractivity contribution in [1.29, 1.82) is 0 Å². The van der Waals surface area contributed by atoms with Gasteiger partial charge in [-0.1, -0.05) is 17.7 Å².